The molecule has 0 radical (unpaired) electrons. The average Bonchev–Trinajstić information content (AvgIpc) is 1.99. The number of hydrogen-bond donors (Lipinski definition) is 0. The third-order valence-corrected chi connectivity index (χ3v) is 1.62. The second-order valence-corrected chi connectivity index (χ2v) is 3.28. The van der Waals surface area contributed by atoms with Crippen molar-refractivity contribution in [3.8, 4) is 6.07 Å². The van der Waals surface area contributed by atoms with Crippen LogP contribution in [0, 0.1) is 11.3 Å². The lowest BCUT2D eigenvalue weighted by Crippen LogP contribution is -2.23. The van der Waals surface area contributed by atoms with Crippen molar-refractivity contribution in [1.29, 1.82) is 5.26 Å². The topological polar surface area (TPSA) is 36.3 Å². The minimum Gasteiger partial charge on any atom is -0.379 e. The maximum absolute atomic E-state index is 8.31. The maximum Gasteiger partial charge on any atom is 0.0864 e. The summed E-state index contributed by atoms with van der Waals surface area (Å²) in [5.41, 5.74) is 0. The van der Waals surface area contributed by atoms with Crippen LogP contribution < -0.4 is 0 Å². The zero-order chi connectivity index (χ0) is 8.53. The highest BCUT2D eigenvalue weighted by Crippen LogP contribution is 1.85. The number of hydrogen-bond acceptors (Lipinski definition) is 3. The molecule has 0 aromatic carbocycles. The van der Waals surface area contributed by atoms with Gasteiger partial charge in [-0.25, -0.2) is 0 Å². The van der Waals surface area contributed by atoms with Crippen molar-refractivity contribution >= 4 is 22.6 Å². The van der Waals surface area contributed by atoms with Crippen LogP contribution in [-0.4, -0.2) is 42.7 Å². The first kappa shape index (κ1) is 11.1. The van der Waals surface area contributed by atoms with E-state index in [-0.39, 0.29) is 0 Å². The summed E-state index contributed by atoms with van der Waals surface area (Å²) in [6, 6.07) is 2.08. The quantitative estimate of drug-likeness (QED) is 0.311. The summed E-state index contributed by atoms with van der Waals surface area (Å²) < 4.78 is 6.27. The van der Waals surface area contributed by atoms with Gasteiger partial charge in [0.15, 0.2) is 0 Å². The van der Waals surface area contributed by atoms with Gasteiger partial charge in [0, 0.05) is 11.0 Å². The summed E-state index contributed by atoms with van der Waals surface area (Å²) in [5.74, 6) is 0. The summed E-state index contributed by atoms with van der Waals surface area (Å²) in [4.78, 5) is 1.94. The largest absolute Gasteiger partial charge is 0.379 e. The van der Waals surface area contributed by atoms with E-state index in [9.17, 15) is 0 Å². The first-order valence-corrected chi connectivity index (χ1v) is 5.03. The molecule has 0 aromatic heterocycles. The number of alkyl halides is 1. The van der Waals surface area contributed by atoms with Crippen LogP contribution in [0.3, 0.4) is 0 Å². The van der Waals surface area contributed by atoms with E-state index in [0.29, 0.717) is 6.54 Å². The van der Waals surface area contributed by atoms with Gasteiger partial charge in [-0.15, -0.1) is 0 Å². The highest BCUT2D eigenvalue weighted by molar-refractivity contribution is 14.1. The standard InChI is InChI=1S/C7H13IN2O/c1-10(4-3-9)5-7-11-6-2-8/h2,4-7H2,1H3. The maximum atomic E-state index is 8.31. The summed E-state index contributed by atoms with van der Waals surface area (Å²) in [5, 5.41) is 8.31. The third kappa shape index (κ3) is 8.04. The lowest BCUT2D eigenvalue weighted by Gasteiger charge is -2.11. The molecule has 0 saturated heterocycles. The van der Waals surface area contributed by atoms with Gasteiger partial charge in [-0.2, -0.15) is 5.26 Å². The first-order chi connectivity index (χ1) is 5.31. The fourth-order valence-corrected chi connectivity index (χ4v) is 0.888. The summed E-state index contributed by atoms with van der Waals surface area (Å²) in [6.45, 7) is 2.85. The Balaban J connectivity index is 3.05. The Bertz CT molecular complexity index is 124. The Morgan fingerprint density at radius 3 is 2.82 bits per heavy atom. The van der Waals surface area contributed by atoms with E-state index in [1.165, 1.54) is 0 Å². The fraction of sp³-hybridized carbons (Fsp3) is 0.857. The molecule has 0 saturated carbocycles. The molecule has 4 heteroatoms. The molecule has 0 aliphatic rings. The molecule has 0 bridgehead atoms. The van der Waals surface area contributed by atoms with Crippen LogP contribution in [0.5, 0.6) is 0 Å². The zero-order valence-electron chi connectivity index (χ0n) is 6.72. The number of nitrogens with zero attached hydrogens (tertiary/aromatic N) is 2. The first-order valence-electron chi connectivity index (χ1n) is 3.50. The van der Waals surface area contributed by atoms with Gasteiger partial charge in [-0.05, 0) is 7.05 Å². The van der Waals surface area contributed by atoms with Crippen molar-refractivity contribution in [2.75, 3.05) is 37.8 Å². The molecular formula is C7H13IN2O. The molecular weight excluding hydrogens is 255 g/mol. The monoisotopic (exact) mass is 268 g/mol. The minimum atomic E-state index is 0.480. The molecule has 0 fully saturated rings. The van der Waals surface area contributed by atoms with Gasteiger partial charge < -0.3 is 4.74 Å². The van der Waals surface area contributed by atoms with E-state index in [4.69, 9.17) is 10.00 Å². The number of nitriles is 1. The number of halogens is 1. The molecule has 0 atom stereocenters. The van der Waals surface area contributed by atoms with Crippen LogP contribution >= 0.6 is 22.6 Å². The molecule has 0 unspecified atom stereocenters. The Morgan fingerprint density at radius 2 is 2.27 bits per heavy atom. The van der Waals surface area contributed by atoms with Crippen LogP contribution in [0.25, 0.3) is 0 Å². The molecule has 11 heavy (non-hydrogen) atoms. The van der Waals surface area contributed by atoms with E-state index >= 15 is 0 Å². The van der Waals surface area contributed by atoms with Gasteiger partial charge in [0.25, 0.3) is 0 Å². The van der Waals surface area contributed by atoms with Crippen molar-refractivity contribution in [3.63, 3.8) is 0 Å². The fourth-order valence-electron chi connectivity index (χ4n) is 0.577. The van der Waals surface area contributed by atoms with Gasteiger partial charge in [0.05, 0.1) is 25.8 Å². The molecule has 3 nitrogen and oxygen atoms in total. The van der Waals surface area contributed by atoms with Crippen molar-refractivity contribution in [2.45, 2.75) is 0 Å². The van der Waals surface area contributed by atoms with Gasteiger partial charge in [-0.3, -0.25) is 4.90 Å². The normalized spacial score (nSPS) is 10.0. The molecule has 0 heterocycles. The van der Waals surface area contributed by atoms with Crippen LogP contribution in [0.15, 0.2) is 0 Å². The highest BCUT2D eigenvalue weighted by atomic mass is 127. The summed E-state index contributed by atoms with van der Waals surface area (Å²) in [6.07, 6.45) is 0. The van der Waals surface area contributed by atoms with E-state index in [1.807, 2.05) is 11.9 Å². The second-order valence-electron chi connectivity index (χ2n) is 2.20. The molecule has 0 aliphatic heterocycles. The van der Waals surface area contributed by atoms with Crippen molar-refractivity contribution in [1.82, 2.24) is 4.90 Å². The molecule has 64 valence electrons. The Morgan fingerprint density at radius 1 is 1.55 bits per heavy atom. The Labute approximate surface area is 81.5 Å². The molecule has 0 aliphatic carbocycles. The molecule has 0 amide bonds. The van der Waals surface area contributed by atoms with Crippen molar-refractivity contribution < 1.29 is 4.74 Å². The predicted octanol–water partition coefficient (Wildman–Crippen LogP) is 0.893. The molecule has 0 N–H and O–H groups in total. The van der Waals surface area contributed by atoms with Crippen LogP contribution in [0.2, 0.25) is 0 Å². The van der Waals surface area contributed by atoms with E-state index in [1.54, 1.807) is 0 Å². The highest BCUT2D eigenvalue weighted by Gasteiger charge is 1.94. The molecule has 0 spiro atoms. The van der Waals surface area contributed by atoms with E-state index in [2.05, 4.69) is 28.7 Å². The number of ether oxygens (including phenoxy) is 1. The van der Waals surface area contributed by atoms with Crippen LogP contribution in [0.4, 0.5) is 0 Å². The molecule has 0 aromatic rings. The van der Waals surface area contributed by atoms with Gasteiger partial charge in [0.2, 0.25) is 0 Å². The predicted molar refractivity (Wildman–Crippen MR) is 52.8 cm³/mol. The summed E-state index contributed by atoms with van der Waals surface area (Å²) >= 11 is 2.27. The van der Waals surface area contributed by atoms with Crippen LogP contribution in [0.1, 0.15) is 0 Å². The Hall–Kier alpha value is 0.140. The lowest BCUT2D eigenvalue weighted by molar-refractivity contribution is 0.129. The smallest absolute Gasteiger partial charge is 0.0864 e. The minimum absolute atomic E-state index is 0.480. The average molecular weight is 268 g/mol. The SMILES string of the molecule is CN(CC#N)CCOCCI. The van der Waals surface area contributed by atoms with Crippen molar-refractivity contribution in [2.24, 2.45) is 0 Å². The second kappa shape index (κ2) is 8.24. The van der Waals surface area contributed by atoms with E-state index < -0.39 is 0 Å². The van der Waals surface area contributed by atoms with Crippen LogP contribution in [-0.2, 0) is 4.74 Å². The van der Waals surface area contributed by atoms with E-state index in [0.717, 1.165) is 24.2 Å². The number of rotatable bonds is 6. The number of likely N-dealkylation sites (N-methyl/N-ethyl adjacent to an activating group) is 1. The Kier molecular flexibility index (Phi) is 8.34. The van der Waals surface area contributed by atoms with Gasteiger partial charge in [-0.1, -0.05) is 22.6 Å². The summed E-state index contributed by atoms with van der Waals surface area (Å²) in [7, 11) is 1.91. The van der Waals surface area contributed by atoms with Gasteiger partial charge in [0.1, 0.15) is 0 Å². The lowest BCUT2D eigenvalue weighted by atomic mass is 10.5. The zero-order valence-corrected chi connectivity index (χ0v) is 8.87. The van der Waals surface area contributed by atoms with Crippen molar-refractivity contribution in [3.05, 3.63) is 0 Å². The third-order valence-electron chi connectivity index (χ3n) is 1.18. The van der Waals surface area contributed by atoms with Gasteiger partial charge >= 0.3 is 0 Å². The molecule has 0 rings (SSSR count).